The fraction of sp³-hybridized carbons (Fsp3) is 0.865. The minimum absolute atomic E-state index is 0.0573. The van der Waals surface area contributed by atoms with Gasteiger partial charge in [-0.15, -0.1) is 0 Å². The third-order valence-electron chi connectivity index (χ3n) is 7.29. The molecule has 0 aliphatic heterocycles. The number of ether oxygens (including phenoxy) is 1. The smallest absolute Gasteiger partial charge is 0.408 e. The van der Waals surface area contributed by atoms with Gasteiger partial charge in [0.2, 0.25) is 23.6 Å². The summed E-state index contributed by atoms with van der Waals surface area (Å²) in [7, 11) is 0. The number of aliphatic hydroxyl groups excluding tert-OH is 1. The number of thioether (sulfide) groups is 1. The maximum absolute atomic E-state index is 13.7. The van der Waals surface area contributed by atoms with Crippen LogP contribution in [-0.4, -0.2) is 88.8 Å². The lowest BCUT2D eigenvalue weighted by Gasteiger charge is -2.30. The van der Waals surface area contributed by atoms with Crippen molar-refractivity contribution in [3.63, 3.8) is 0 Å². The molecule has 12 nitrogen and oxygen atoms in total. The molecule has 294 valence electrons. The Kier molecular flexibility index (Phi) is 25.2. The molecule has 0 heterocycles. The number of rotatable bonds is 21. The molecule has 0 spiro atoms. The SMILES string of the molecule is CC.CSCC[C@H](NC(=O)[C@H](CC(C)C)NC(=O)OC(C)(C)C)C(=O)N[C@@H](CC(C)C)[C@@H](O)C[C@@H](C)C(=O)N[C@@H](CC(C)C)C(=O)NC(C)C. The molecule has 0 aromatic carbocycles. The number of hydrogen-bond acceptors (Lipinski definition) is 8. The van der Waals surface area contributed by atoms with Crippen molar-refractivity contribution in [1.82, 2.24) is 26.6 Å². The van der Waals surface area contributed by atoms with Crippen LogP contribution in [0.4, 0.5) is 4.79 Å². The highest BCUT2D eigenvalue weighted by molar-refractivity contribution is 7.98. The van der Waals surface area contributed by atoms with Crippen LogP contribution in [0.3, 0.4) is 0 Å². The van der Waals surface area contributed by atoms with Gasteiger partial charge in [0.1, 0.15) is 23.7 Å². The van der Waals surface area contributed by atoms with Crippen LogP contribution in [0.15, 0.2) is 0 Å². The summed E-state index contributed by atoms with van der Waals surface area (Å²) < 4.78 is 5.36. The molecule has 0 fully saturated rings. The first kappa shape index (κ1) is 49.6. The summed E-state index contributed by atoms with van der Waals surface area (Å²) in [5.74, 6) is -1.26. The van der Waals surface area contributed by atoms with Crippen molar-refractivity contribution in [3.8, 4) is 0 Å². The predicted octanol–water partition coefficient (Wildman–Crippen LogP) is 5.16. The van der Waals surface area contributed by atoms with Crippen LogP contribution < -0.4 is 26.6 Å². The summed E-state index contributed by atoms with van der Waals surface area (Å²) in [6.45, 7) is 26.4. The van der Waals surface area contributed by atoms with Crippen LogP contribution in [0.25, 0.3) is 0 Å². The monoisotopic (exact) mass is 732 g/mol. The van der Waals surface area contributed by atoms with Crippen LogP contribution >= 0.6 is 11.8 Å². The van der Waals surface area contributed by atoms with Gasteiger partial charge >= 0.3 is 6.09 Å². The summed E-state index contributed by atoms with van der Waals surface area (Å²) in [6.07, 6.45) is 1.76. The van der Waals surface area contributed by atoms with Gasteiger partial charge in [0.05, 0.1) is 12.1 Å². The van der Waals surface area contributed by atoms with E-state index in [0.29, 0.717) is 31.4 Å². The summed E-state index contributed by atoms with van der Waals surface area (Å²) in [6, 6.07) is -3.29. The number of nitrogens with one attached hydrogen (secondary N) is 5. The molecule has 0 bridgehead atoms. The van der Waals surface area contributed by atoms with Crippen molar-refractivity contribution >= 4 is 41.5 Å². The molecule has 0 saturated carbocycles. The summed E-state index contributed by atoms with van der Waals surface area (Å²) in [4.78, 5) is 65.6. The van der Waals surface area contributed by atoms with E-state index in [0.717, 1.165) is 0 Å². The Labute approximate surface area is 307 Å². The van der Waals surface area contributed by atoms with Gasteiger partial charge in [-0.3, -0.25) is 19.2 Å². The van der Waals surface area contributed by atoms with E-state index in [9.17, 15) is 29.1 Å². The van der Waals surface area contributed by atoms with E-state index < -0.39 is 59.7 Å². The zero-order valence-corrected chi connectivity index (χ0v) is 34.6. The van der Waals surface area contributed by atoms with Gasteiger partial charge in [0, 0.05) is 12.0 Å². The quantitative estimate of drug-likeness (QED) is 0.0939. The van der Waals surface area contributed by atoms with Gasteiger partial charge in [-0.05, 0) is 96.5 Å². The van der Waals surface area contributed by atoms with E-state index >= 15 is 0 Å². The molecule has 6 atom stereocenters. The van der Waals surface area contributed by atoms with E-state index in [2.05, 4.69) is 26.6 Å². The van der Waals surface area contributed by atoms with E-state index in [4.69, 9.17) is 4.74 Å². The Morgan fingerprint density at radius 3 is 1.50 bits per heavy atom. The highest BCUT2D eigenvalue weighted by Gasteiger charge is 2.33. The number of carbonyl (C=O) groups excluding carboxylic acids is 5. The largest absolute Gasteiger partial charge is 0.444 e. The molecule has 0 radical (unpaired) electrons. The number of alkyl carbamates (subject to hydrolysis) is 1. The molecule has 50 heavy (non-hydrogen) atoms. The van der Waals surface area contributed by atoms with Gasteiger partial charge in [-0.2, -0.15) is 11.8 Å². The first-order valence-electron chi connectivity index (χ1n) is 18.4. The molecule has 6 N–H and O–H groups in total. The van der Waals surface area contributed by atoms with Crippen LogP contribution in [0.1, 0.15) is 129 Å². The standard InChI is InChI=1S/C35H67N5O7S.C2H6/c1-20(2)16-26(29(41)19-24(9)30(42)39-27(17-21(3)4)32(44)36-23(7)8)38-31(43)25(14-15-48-13)37-33(45)28(18-22(5)6)40-34(46)47-35(10,11)12;1-2/h20-29,41H,14-19H2,1-13H3,(H,36,44)(H,37,45)(H,38,43)(H,39,42)(H,40,46);1-2H3/t24-,25+,26+,27+,28+,29+;/m1./s1. The Bertz CT molecular complexity index is 1020. The number of aliphatic hydroxyl groups is 1. The average Bonchev–Trinajstić information content (AvgIpc) is 2.96. The van der Waals surface area contributed by atoms with Crippen LogP contribution in [0.2, 0.25) is 0 Å². The van der Waals surface area contributed by atoms with Crippen molar-refractivity contribution in [2.24, 2.45) is 23.7 Å². The number of hydrogen-bond donors (Lipinski definition) is 6. The van der Waals surface area contributed by atoms with Crippen LogP contribution in [0, 0.1) is 23.7 Å². The number of amides is 5. The van der Waals surface area contributed by atoms with E-state index in [1.807, 2.05) is 75.5 Å². The molecule has 0 aromatic rings. The molecule has 13 heteroatoms. The Balaban J connectivity index is 0. The second-order valence-corrected chi connectivity index (χ2v) is 16.5. The van der Waals surface area contributed by atoms with Crippen molar-refractivity contribution in [2.75, 3.05) is 12.0 Å². The third-order valence-corrected chi connectivity index (χ3v) is 7.93. The van der Waals surface area contributed by atoms with Gasteiger partial charge in [-0.1, -0.05) is 62.3 Å². The topological polar surface area (TPSA) is 175 Å². The van der Waals surface area contributed by atoms with E-state index in [1.54, 1.807) is 27.7 Å². The molecule has 0 aliphatic carbocycles. The molecule has 0 aliphatic rings. The fourth-order valence-electron chi connectivity index (χ4n) is 5.07. The van der Waals surface area contributed by atoms with Crippen LogP contribution in [-0.2, 0) is 23.9 Å². The first-order chi connectivity index (χ1) is 23.1. The fourth-order valence-corrected chi connectivity index (χ4v) is 5.54. The molecular formula is C37H73N5O7S. The Morgan fingerprint density at radius 2 is 1.06 bits per heavy atom. The first-order valence-corrected chi connectivity index (χ1v) is 19.8. The molecule has 5 amide bonds. The average molecular weight is 732 g/mol. The lowest BCUT2D eigenvalue weighted by molar-refractivity contribution is -0.132. The maximum Gasteiger partial charge on any atom is 0.408 e. The van der Waals surface area contributed by atoms with Crippen molar-refractivity contribution < 1.29 is 33.8 Å². The minimum atomic E-state index is -1.07. The normalized spacial score (nSPS) is 15.2. The maximum atomic E-state index is 13.7. The second kappa shape index (κ2) is 25.4. The summed E-state index contributed by atoms with van der Waals surface area (Å²) >= 11 is 1.53. The zero-order chi connectivity index (χ0) is 39.4. The lowest BCUT2D eigenvalue weighted by atomic mass is 9.91. The number of carbonyl (C=O) groups is 5. The van der Waals surface area contributed by atoms with Gasteiger partial charge in [0.15, 0.2) is 0 Å². The van der Waals surface area contributed by atoms with Crippen molar-refractivity contribution in [3.05, 3.63) is 0 Å². The summed E-state index contributed by atoms with van der Waals surface area (Å²) in [5.41, 5.74) is -0.744. The molecule has 0 unspecified atom stereocenters. The van der Waals surface area contributed by atoms with Gasteiger partial charge in [-0.25, -0.2) is 4.79 Å². The van der Waals surface area contributed by atoms with E-state index in [1.165, 1.54) is 11.8 Å². The van der Waals surface area contributed by atoms with Crippen molar-refractivity contribution in [2.45, 2.75) is 171 Å². The molecule has 0 saturated heterocycles. The molecule has 0 rings (SSSR count). The van der Waals surface area contributed by atoms with Crippen LogP contribution in [0.5, 0.6) is 0 Å². The third kappa shape index (κ3) is 23.0. The van der Waals surface area contributed by atoms with Crippen molar-refractivity contribution in [1.29, 1.82) is 0 Å². The predicted molar refractivity (Wildman–Crippen MR) is 205 cm³/mol. The Hall–Kier alpha value is -2.54. The van der Waals surface area contributed by atoms with Gasteiger partial charge in [0.25, 0.3) is 0 Å². The van der Waals surface area contributed by atoms with E-state index in [-0.39, 0.29) is 42.0 Å². The molecular weight excluding hydrogens is 659 g/mol. The second-order valence-electron chi connectivity index (χ2n) is 15.5. The zero-order valence-electron chi connectivity index (χ0n) is 33.8. The lowest BCUT2D eigenvalue weighted by Crippen LogP contribution is -2.57. The highest BCUT2D eigenvalue weighted by atomic mass is 32.2. The van der Waals surface area contributed by atoms with Gasteiger partial charge < -0.3 is 36.4 Å². The highest BCUT2D eigenvalue weighted by Crippen LogP contribution is 2.18. The minimum Gasteiger partial charge on any atom is -0.444 e. The Morgan fingerprint density at radius 1 is 0.620 bits per heavy atom. The summed E-state index contributed by atoms with van der Waals surface area (Å²) in [5, 5.41) is 25.5. The molecule has 0 aromatic heterocycles.